The standard InChI is InChI=1S/C20H29N3O4/c1-14-15(2)19(24-12-8-4-7-11-22-23-21)26-17-13-25-20(27-18(14)17)16-9-5-3-6-10-16/h3,5-6,9-10,14-15,17-20H,4,7-8,11-13H2,1-2H3/t14-,15?,17?,18+,19-,20?/m1/s1. The summed E-state index contributed by atoms with van der Waals surface area (Å²) in [5, 5.41) is 3.54. The summed E-state index contributed by atoms with van der Waals surface area (Å²) in [4.78, 5) is 2.76. The number of azide groups is 1. The fraction of sp³-hybridized carbons (Fsp3) is 0.700. The molecule has 0 bridgehead atoms. The zero-order valence-corrected chi connectivity index (χ0v) is 16.1. The second-order valence-corrected chi connectivity index (χ2v) is 7.32. The van der Waals surface area contributed by atoms with E-state index in [-0.39, 0.29) is 30.7 Å². The minimum absolute atomic E-state index is 0.00245. The molecule has 7 heteroatoms. The third-order valence-corrected chi connectivity index (χ3v) is 5.46. The second kappa shape index (κ2) is 10.1. The van der Waals surface area contributed by atoms with Crippen molar-refractivity contribution in [3.63, 3.8) is 0 Å². The van der Waals surface area contributed by atoms with E-state index in [2.05, 4.69) is 23.9 Å². The lowest BCUT2D eigenvalue weighted by Crippen LogP contribution is -2.55. The van der Waals surface area contributed by atoms with Crippen LogP contribution in [0.4, 0.5) is 0 Å². The average Bonchev–Trinajstić information content (AvgIpc) is 2.71. The molecule has 2 fully saturated rings. The molecule has 2 aliphatic rings. The molecular formula is C20H29N3O4. The van der Waals surface area contributed by atoms with Crippen molar-refractivity contribution in [1.82, 2.24) is 0 Å². The van der Waals surface area contributed by atoms with Gasteiger partial charge in [-0.25, -0.2) is 0 Å². The molecule has 0 N–H and O–H groups in total. The molecule has 0 spiro atoms. The van der Waals surface area contributed by atoms with E-state index < -0.39 is 0 Å². The molecule has 0 aromatic heterocycles. The number of hydrogen-bond donors (Lipinski definition) is 0. The largest absolute Gasteiger partial charge is 0.352 e. The van der Waals surface area contributed by atoms with Crippen molar-refractivity contribution >= 4 is 0 Å². The van der Waals surface area contributed by atoms with Crippen LogP contribution in [0.25, 0.3) is 10.4 Å². The van der Waals surface area contributed by atoms with Crippen LogP contribution in [-0.4, -0.2) is 38.3 Å². The molecule has 0 aliphatic carbocycles. The second-order valence-electron chi connectivity index (χ2n) is 7.32. The summed E-state index contributed by atoms with van der Waals surface area (Å²) in [6, 6.07) is 10.0. The van der Waals surface area contributed by atoms with Gasteiger partial charge in [0.15, 0.2) is 12.6 Å². The van der Waals surface area contributed by atoms with E-state index in [1.54, 1.807) is 0 Å². The van der Waals surface area contributed by atoms with Crippen LogP contribution in [0.2, 0.25) is 0 Å². The number of ether oxygens (including phenoxy) is 4. The van der Waals surface area contributed by atoms with Crippen molar-refractivity contribution in [2.75, 3.05) is 19.8 Å². The van der Waals surface area contributed by atoms with E-state index in [1.807, 2.05) is 30.3 Å². The van der Waals surface area contributed by atoms with Crippen molar-refractivity contribution in [2.24, 2.45) is 17.0 Å². The first-order chi connectivity index (χ1) is 13.2. The predicted octanol–water partition coefficient (Wildman–Crippen LogP) is 4.59. The summed E-state index contributed by atoms with van der Waals surface area (Å²) in [6.07, 6.45) is 2.12. The van der Waals surface area contributed by atoms with Crippen LogP contribution in [-0.2, 0) is 18.9 Å². The van der Waals surface area contributed by atoms with Crippen molar-refractivity contribution in [3.8, 4) is 0 Å². The summed E-state index contributed by atoms with van der Waals surface area (Å²) in [7, 11) is 0. The van der Waals surface area contributed by atoms with Gasteiger partial charge < -0.3 is 18.9 Å². The average molecular weight is 375 g/mol. The number of fused-ring (bicyclic) bond motifs is 1. The van der Waals surface area contributed by atoms with Crippen LogP contribution in [0, 0.1) is 11.8 Å². The highest BCUT2D eigenvalue weighted by atomic mass is 16.7. The Hall–Kier alpha value is -1.63. The van der Waals surface area contributed by atoms with Gasteiger partial charge in [-0.15, -0.1) is 0 Å². The monoisotopic (exact) mass is 375 g/mol. The van der Waals surface area contributed by atoms with Crippen LogP contribution in [0.15, 0.2) is 35.4 Å². The van der Waals surface area contributed by atoms with Crippen LogP contribution in [0.1, 0.15) is 45.0 Å². The lowest BCUT2D eigenvalue weighted by molar-refractivity contribution is -0.342. The quantitative estimate of drug-likeness (QED) is 0.288. The zero-order valence-electron chi connectivity index (χ0n) is 16.1. The van der Waals surface area contributed by atoms with Gasteiger partial charge in [0, 0.05) is 29.5 Å². The number of hydrogen-bond acceptors (Lipinski definition) is 5. The molecule has 2 heterocycles. The van der Waals surface area contributed by atoms with Gasteiger partial charge in [-0.3, -0.25) is 0 Å². The molecule has 2 saturated heterocycles. The summed E-state index contributed by atoms with van der Waals surface area (Å²) in [5.41, 5.74) is 9.30. The Labute approximate surface area is 160 Å². The van der Waals surface area contributed by atoms with Crippen LogP contribution < -0.4 is 0 Å². The van der Waals surface area contributed by atoms with Crippen LogP contribution >= 0.6 is 0 Å². The molecule has 148 valence electrons. The Bertz CT molecular complexity index is 621. The highest BCUT2D eigenvalue weighted by molar-refractivity contribution is 5.16. The van der Waals surface area contributed by atoms with E-state index in [9.17, 15) is 0 Å². The van der Waals surface area contributed by atoms with Gasteiger partial charge >= 0.3 is 0 Å². The Kier molecular flexibility index (Phi) is 7.50. The first kappa shape index (κ1) is 20.1. The Morgan fingerprint density at radius 3 is 2.70 bits per heavy atom. The zero-order chi connectivity index (χ0) is 19.1. The highest BCUT2D eigenvalue weighted by Crippen LogP contribution is 2.39. The summed E-state index contributed by atoms with van der Waals surface area (Å²) < 4.78 is 24.3. The fourth-order valence-corrected chi connectivity index (χ4v) is 3.65. The normalized spacial score (nSPS) is 33.1. The van der Waals surface area contributed by atoms with Gasteiger partial charge in [-0.05, 0) is 24.3 Å². The van der Waals surface area contributed by atoms with Crippen molar-refractivity contribution in [1.29, 1.82) is 0 Å². The van der Waals surface area contributed by atoms with E-state index in [0.717, 1.165) is 24.8 Å². The van der Waals surface area contributed by atoms with Gasteiger partial charge in [0.25, 0.3) is 0 Å². The van der Waals surface area contributed by atoms with Gasteiger partial charge in [-0.2, -0.15) is 0 Å². The highest BCUT2D eigenvalue weighted by Gasteiger charge is 2.46. The van der Waals surface area contributed by atoms with Crippen LogP contribution in [0.5, 0.6) is 0 Å². The third kappa shape index (κ3) is 5.21. The minimum Gasteiger partial charge on any atom is -0.352 e. The first-order valence-corrected chi connectivity index (χ1v) is 9.80. The number of rotatable bonds is 8. The first-order valence-electron chi connectivity index (χ1n) is 9.80. The SMILES string of the molecule is CC1[C@H](OCCCCCN=[N+]=[N-])OC2COC(c3ccccc3)O[C@H]2[C@@H]1C. The number of unbranched alkanes of at least 4 members (excludes halogenated alkanes) is 2. The molecule has 2 aliphatic heterocycles. The maximum absolute atomic E-state index is 8.27. The minimum atomic E-state index is -0.334. The molecule has 1 aromatic rings. The fourth-order valence-electron chi connectivity index (χ4n) is 3.65. The van der Waals surface area contributed by atoms with Gasteiger partial charge in [0.05, 0.1) is 12.7 Å². The van der Waals surface area contributed by atoms with Crippen molar-refractivity contribution < 1.29 is 18.9 Å². The molecule has 0 radical (unpaired) electrons. The van der Waals surface area contributed by atoms with Gasteiger partial charge in [0.1, 0.15) is 6.10 Å². The Balaban J connectivity index is 1.47. The summed E-state index contributed by atoms with van der Waals surface area (Å²) >= 11 is 0. The lowest BCUT2D eigenvalue weighted by atomic mass is 9.84. The molecule has 0 amide bonds. The number of benzene rings is 1. The molecule has 7 nitrogen and oxygen atoms in total. The lowest BCUT2D eigenvalue weighted by Gasteiger charge is -2.48. The maximum Gasteiger partial charge on any atom is 0.184 e. The van der Waals surface area contributed by atoms with Crippen molar-refractivity contribution in [2.45, 2.75) is 57.9 Å². The summed E-state index contributed by atoms with van der Waals surface area (Å²) in [6.45, 7) is 6.06. The van der Waals surface area contributed by atoms with E-state index in [4.69, 9.17) is 24.5 Å². The third-order valence-electron chi connectivity index (χ3n) is 5.46. The maximum atomic E-state index is 8.27. The molecule has 1 aromatic carbocycles. The molecule has 3 rings (SSSR count). The van der Waals surface area contributed by atoms with Gasteiger partial charge in [-0.1, -0.05) is 55.7 Å². The molecule has 3 unspecified atom stereocenters. The van der Waals surface area contributed by atoms with E-state index >= 15 is 0 Å². The van der Waals surface area contributed by atoms with E-state index in [1.165, 1.54) is 0 Å². The Morgan fingerprint density at radius 2 is 1.93 bits per heavy atom. The van der Waals surface area contributed by atoms with Crippen LogP contribution in [0.3, 0.4) is 0 Å². The number of nitrogens with zero attached hydrogens (tertiary/aromatic N) is 3. The predicted molar refractivity (Wildman–Crippen MR) is 101 cm³/mol. The van der Waals surface area contributed by atoms with Gasteiger partial charge in [0.2, 0.25) is 0 Å². The Morgan fingerprint density at radius 1 is 1.11 bits per heavy atom. The molecule has 6 atom stereocenters. The summed E-state index contributed by atoms with van der Waals surface area (Å²) in [5.74, 6) is 0.554. The molecule has 0 saturated carbocycles. The van der Waals surface area contributed by atoms with E-state index in [0.29, 0.717) is 25.7 Å². The molecule has 27 heavy (non-hydrogen) atoms. The topological polar surface area (TPSA) is 85.7 Å². The van der Waals surface area contributed by atoms with Crippen molar-refractivity contribution in [3.05, 3.63) is 46.3 Å². The smallest absolute Gasteiger partial charge is 0.184 e. The molecular weight excluding hydrogens is 346 g/mol.